The highest BCUT2D eigenvalue weighted by atomic mass is 16.5. The van der Waals surface area contributed by atoms with Crippen LogP contribution in [0.4, 0.5) is 5.69 Å². The van der Waals surface area contributed by atoms with Gasteiger partial charge in [0, 0.05) is 13.2 Å². The van der Waals surface area contributed by atoms with Crippen molar-refractivity contribution in [2.45, 2.75) is 31.9 Å². The van der Waals surface area contributed by atoms with Gasteiger partial charge in [-0.2, -0.15) is 0 Å². The summed E-state index contributed by atoms with van der Waals surface area (Å²) in [5.41, 5.74) is 7.31. The van der Waals surface area contributed by atoms with Crippen LogP contribution in [0, 0.1) is 0 Å². The normalized spacial score (nSPS) is 20.1. The Morgan fingerprint density at radius 2 is 2.44 bits per heavy atom. The molecule has 3 N–H and O–H groups in total. The number of nitrogens with one attached hydrogen (secondary N) is 1. The number of nitrogens with two attached hydrogens (primary N) is 1. The molecular weight excluding hydrogens is 202 g/mol. The minimum Gasteiger partial charge on any atom is -0.397 e. The summed E-state index contributed by atoms with van der Waals surface area (Å²) in [5, 5.41) is 3.36. The molecule has 1 aromatic rings. The van der Waals surface area contributed by atoms with Gasteiger partial charge in [0.2, 0.25) is 0 Å². The van der Waals surface area contributed by atoms with E-state index in [1.165, 1.54) is 12.8 Å². The summed E-state index contributed by atoms with van der Waals surface area (Å²) >= 11 is 0. The maximum absolute atomic E-state index is 5.56. The molecule has 0 aromatic carbocycles. The third kappa shape index (κ3) is 3.47. The van der Waals surface area contributed by atoms with Crippen molar-refractivity contribution in [1.82, 2.24) is 10.3 Å². The van der Waals surface area contributed by atoms with E-state index in [4.69, 9.17) is 10.5 Å². The van der Waals surface area contributed by atoms with Crippen LogP contribution in [0.3, 0.4) is 0 Å². The fraction of sp³-hybridized carbons (Fsp3) is 0.583. The third-order valence-corrected chi connectivity index (χ3v) is 2.82. The van der Waals surface area contributed by atoms with Crippen molar-refractivity contribution in [2.24, 2.45) is 0 Å². The van der Waals surface area contributed by atoms with Crippen LogP contribution in [0.1, 0.15) is 25.0 Å². The average Bonchev–Trinajstić information content (AvgIpc) is 2.80. The van der Waals surface area contributed by atoms with Gasteiger partial charge in [-0.3, -0.25) is 4.98 Å². The zero-order valence-electron chi connectivity index (χ0n) is 9.48. The van der Waals surface area contributed by atoms with E-state index in [0.717, 1.165) is 31.8 Å². The fourth-order valence-corrected chi connectivity index (χ4v) is 1.89. The molecule has 0 saturated carbocycles. The lowest BCUT2D eigenvalue weighted by Gasteiger charge is -2.09. The Morgan fingerprint density at radius 3 is 3.12 bits per heavy atom. The van der Waals surface area contributed by atoms with E-state index in [1.807, 2.05) is 12.1 Å². The summed E-state index contributed by atoms with van der Waals surface area (Å²) < 4.78 is 5.55. The molecule has 1 fully saturated rings. The standard InChI is InChI=1S/C12H19N3O/c13-10-3-4-11(15-8-10)9-14-6-5-12-2-1-7-16-12/h3-4,8,12,14H,1-2,5-7,9,13H2. The minimum atomic E-state index is 0.465. The number of aromatic nitrogens is 1. The minimum absolute atomic E-state index is 0.465. The Labute approximate surface area is 96.2 Å². The SMILES string of the molecule is Nc1ccc(CNCCC2CCCO2)nc1. The largest absolute Gasteiger partial charge is 0.397 e. The molecule has 0 spiro atoms. The maximum atomic E-state index is 5.56. The number of rotatable bonds is 5. The first-order valence-corrected chi connectivity index (χ1v) is 5.87. The molecule has 16 heavy (non-hydrogen) atoms. The lowest BCUT2D eigenvalue weighted by atomic mass is 10.2. The van der Waals surface area contributed by atoms with E-state index in [0.29, 0.717) is 11.8 Å². The van der Waals surface area contributed by atoms with Crippen molar-refractivity contribution in [1.29, 1.82) is 0 Å². The van der Waals surface area contributed by atoms with Crippen molar-refractivity contribution < 1.29 is 4.74 Å². The molecule has 2 heterocycles. The van der Waals surface area contributed by atoms with Gasteiger partial charge in [-0.15, -0.1) is 0 Å². The lowest BCUT2D eigenvalue weighted by molar-refractivity contribution is 0.104. The lowest BCUT2D eigenvalue weighted by Crippen LogP contribution is -2.20. The van der Waals surface area contributed by atoms with Crippen molar-refractivity contribution in [3.05, 3.63) is 24.0 Å². The van der Waals surface area contributed by atoms with Gasteiger partial charge in [0.25, 0.3) is 0 Å². The van der Waals surface area contributed by atoms with Gasteiger partial charge < -0.3 is 15.8 Å². The highest BCUT2D eigenvalue weighted by Gasteiger charge is 2.14. The predicted molar refractivity (Wildman–Crippen MR) is 63.9 cm³/mol. The Kier molecular flexibility index (Phi) is 4.13. The second-order valence-electron chi connectivity index (χ2n) is 4.18. The predicted octanol–water partition coefficient (Wildman–Crippen LogP) is 1.32. The number of hydrogen-bond acceptors (Lipinski definition) is 4. The van der Waals surface area contributed by atoms with Crippen molar-refractivity contribution >= 4 is 5.69 Å². The topological polar surface area (TPSA) is 60.2 Å². The first-order chi connectivity index (χ1) is 7.84. The Morgan fingerprint density at radius 1 is 1.50 bits per heavy atom. The van der Waals surface area contributed by atoms with Gasteiger partial charge >= 0.3 is 0 Å². The number of pyridine rings is 1. The van der Waals surface area contributed by atoms with Crippen LogP contribution in [-0.2, 0) is 11.3 Å². The molecular formula is C12H19N3O. The Balaban J connectivity index is 1.62. The number of anilines is 1. The number of nitrogens with zero attached hydrogens (tertiary/aromatic N) is 1. The molecule has 1 aromatic heterocycles. The van der Waals surface area contributed by atoms with E-state index in [9.17, 15) is 0 Å². The summed E-state index contributed by atoms with van der Waals surface area (Å²) in [7, 11) is 0. The molecule has 0 bridgehead atoms. The van der Waals surface area contributed by atoms with Crippen molar-refractivity contribution in [2.75, 3.05) is 18.9 Å². The molecule has 4 nitrogen and oxygen atoms in total. The highest BCUT2D eigenvalue weighted by Crippen LogP contribution is 2.14. The van der Waals surface area contributed by atoms with Gasteiger partial charge in [0.1, 0.15) is 0 Å². The van der Waals surface area contributed by atoms with Gasteiger partial charge in [-0.25, -0.2) is 0 Å². The molecule has 1 aliphatic heterocycles. The zero-order chi connectivity index (χ0) is 11.2. The second kappa shape index (κ2) is 5.82. The monoisotopic (exact) mass is 221 g/mol. The summed E-state index contributed by atoms with van der Waals surface area (Å²) in [6.07, 6.45) is 5.67. The summed E-state index contributed by atoms with van der Waals surface area (Å²) in [4.78, 5) is 4.23. The highest BCUT2D eigenvalue weighted by molar-refractivity contribution is 5.34. The van der Waals surface area contributed by atoms with Crippen LogP contribution in [0.5, 0.6) is 0 Å². The van der Waals surface area contributed by atoms with E-state index < -0.39 is 0 Å². The van der Waals surface area contributed by atoms with Gasteiger partial charge in [-0.1, -0.05) is 0 Å². The second-order valence-corrected chi connectivity index (χ2v) is 4.18. The summed E-state index contributed by atoms with van der Waals surface area (Å²) in [6.45, 7) is 2.72. The van der Waals surface area contributed by atoms with Crippen molar-refractivity contribution in [3.8, 4) is 0 Å². The molecule has 4 heteroatoms. The summed E-state index contributed by atoms with van der Waals surface area (Å²) in [6, 6.07) is 3.83. The van der Waals surface area contributed by atoms with Crippen LogP contribution < -0.4 is 11.1 Å². The van der Waals surface area contributed by atoms with Gasteiger partial charge in [-0.05, 0) is 37.9 Å². The van der Waals surface area contributed by atoms with Crippen LogP contribution >= 0.6 is 0 Å². The van der Waals surface area contributed by atoms with Crippen LogP contribution in [0.2, 0.25) is 0 Å². The molecule has 1 aliphatic rings. The third-order valence-electron chi connectivity index (χ3n) is 2.82. The fourth-order valence-electron chi connectivity index (χ4n) is 1.89. The molecule has 2 rings (SSSR count). The van der Waals surface area contributed by atoms with Crippen molar-refractivity contribution in [3.63, 3.8) is 0 Å². The van der Waals surface area contributed by atoms with Crippen LogP contribution in [-0.4, -0.2) is 24.2 Å². The number of hydrogen-bond donors (Lipinski definition) is 2. The van der Waals surface area contributed by atoms with Gasteiger partial charge in [0.15, 0.2) is 0 Å². The van der Waals surface area contributed by atoms with E-state index >= 15 is 0 Å². The summed E-state index contributed by atoms with van der Waals surface area (Å²) in [5.74, 6) is 0. The molecule has 0 amide bonds. The smallest absolute Gasteiger partial charge is 0.0588 e. The molecule has 0 radical (unpaired) electrons. The van der Waals surface area contributed by atoms with Gasteiger partial charge in [0.05, 0.1) is 23.7 Å². The van der Waals surface area contributed by atoms with E-state index in [-0.39, 0.29) is 0 Å². The average molecular weight is 221 g/mol. The zero-order valence-corrected chi connectivity index (χ0v) is 9.48. The first kappa shape index (κ1) is 11.4. The van der Waals surface area contributed by atoms with Crippen LogP contribution in [0.25, 0.3) is 0 Å². The van der Waals surface area contributed by atoms with Crippen LogP contribution in [0.15, 0.2) is 18.3 Å². The molecule has 0 aliphatic carbocycles. The Bertz CT molecular complexity index is 307. The molecule has 1 atom stereocenters. The molecule has 1 saturated heterocycles. The quantitative estimate of drug-likeness (QED) is 0.736. The number of nitrogen functional groups attached to an aromatic ring is 1. The molecule has 1 unspecified atom stereocenters. The molecule has 88 valence electrons. The Hall–Kier alpha value is -1.13. The maximum Gasteiger partial charge on any atom is 0.0588 e. The first-order valence-electron chi connectivity index (χ1n) is 5.87. The number of ether oxygens (including phenoxy) is 1. The van der Waals surface area contributed by atoms with E-state index in [2.05, 4.69) is 10.3 Å². The van der Waals surface area contributed by atoms with E-state index in [1.54, 1.807) is 6.20 Å².